The van der Waals surface area contributed by atoms with Crippen molar-refractivity contribution in [3.63, 3.8) is 0 Å². The predicted molar refractivity (Wildman–Crippen MR) is 105 cm³/mol. The number of hydrogen-bond acceptors (Lipinski definition) is 5. The van der Waals surface area contributed by atoms with Crippen molar-refractivity contribution in [1.82, 2.24) is 10.2 Å². The fourth-order valence-electron chi connectivity index (χ4n) is 2.88. The second-order valence-electron chi connectivity index (χ2n) is 6.14. The molecule has 0 aliphatic carbocycles. The van der Waals surface area contributed by atoms with E-state index in [2.05, 4.69) is 15.5 Å². The molecule has 0 aliphatic heterocycles. The maximum atomic E-state index is 14.1. The molecule has 0 saturated carbocycles. The third-order valence-corrected chi connectivity index (χ3v) is 4.33. The topological polar surface area (TPSA) is 60.2 Å². The second-order valence-corrected chi connectivity index (χ2v) is 6.14. The fraction of sp³-hybridized carbons (Fsp3) is 0.0909. The lowest BCUT2D eigenvalue weighted by Crippen LogP contribution is -2.12. The Morgan fingerprint density at radius 2 is 1.61 bits per heavy atom. The molecule has 4 rings (SSSR count). The number of aromatic nitrogens is 2. The summed E-state index contributed by atoms with van der Waals surface area (Å²) in [7, 11) is 1.62. The molecule has 0 saturated heterocycles. The summed E-state index contributed by atoms with van der Waals surface area (Å²) >= 11 is 0. The number of benzene rings is 3. The maximum absolute atomic E-state index is 14.1. The SMILES string of the molecule is COc1ccc(N[C@H](c2ccccc2)c2nnc(-c3ccccc3F)o2)cc1. The van der Waals surface area contributed by atoms with E-state index in [0.29, 0.717) is 5.89 Å². The van der Waals surface area contributed by atoms with Gasteiger partial charge in [0.15, 0.2) is 0 Å². The van der Waals surface area contributed by atoms with Crippen molar-refractivity contribution in [3.8, 4) is 17.2 Å². The average Bonchev–Trinajstić information content (AvgIpc) is 3.23. The van der Waals surface area contributed by atoms with Crippen molar-refractivity contribution < 1.29 is 13.5 Å². The smallest absolute Gasteiger partial charge is 0.250 e. The molecule has 5 nitrogen and oxygen atoms in total. The Morgan fingerprint density at radius 3 is 2.32 bits per heavy atom. The minimum atomic E-state index is -0.405. The van der Waals surface area contributed by atoms with Gasteiger partial charge in [-0.05, 0) is 42.0 Å². The molecule has 0 fully saturated rings. The number of anilines is 1. The summed E-state index contributed by atoms with van der Waals surface area (Å²) in [6, 6.07) is 23.2. The maximum Gasteiger partial charge on any atom is 0.250 e. The zero-order valence-corrected chi connectivity index (χ0v) is 15.2. The standard InChI is InChI=1S/C22H18FN3O2/c1-27-17-13-11-16(12-14-17)24-20(15-7-3-2-4-8-15)22-26-25-21(28-22)18-9-5-6-10-19(18)23/h2-14,20,24H,1H3/t20-/m1/s1. The lowest BCUT2D eigenvalue weighted by atomic mass is 10.1. The first-order valence-electron chi connectivity index (χ1n) is 8.78. The summed E-state index contributed by atoms with van der Waals surface area (Å²) in [4.78, 5) is 0. The van der Waals surface area contributed by atoms with Crippen molar-refractivity contribution in [2.24, 2.45) is 0 Å². The van der Waals surface area contributed by atoms with E-state index in [0.717, 1.165) is 17.0 Å². The number of nitrogens with one attached hydrogen (secondary N) is 1. The minimum Gasteiger partial charge on any atom is -0.497 e. The van der Waals surface area contributed by atoms with E-state index in [1.807, 2.05) is 54.6 Å². The summed E-state index contributed by atoms with van der Waals surface area (Å²) in [6.07, 6.45) is 0. The molecule has 6 heteroatoms. The van der Waals surface area contributed by atoms with Crippen molar-refractivity contribution in [1.29, 1.82) is 0 Å². The Hall–Kier alpha value is -3.67. The van der Waals surface area contributed by atoms with Gasteiger partial charge in [-0.2, -0.15) is 0 Å². The Labute approximate surface area is 161 Å². The van der Waals surface area contributed by atoms with Gasteiger partial charge >= 0.3 is 0 Å². The van der Waals surface area contributed by atoms with Crippen LogP contribution >= 0.6 is 0 Å². The van der Waals surface area contributed by atoms with Gasteiger partial charge in [0.25, 0.3) is 5.89 Å². The zero-order valence-electron chi connectivity index (χ0n) is 15.2. The van der Waals surface area contributed by atoms with Crippen LogP contribution in [0.1, 0.15) is 17.5 Å². The third-order valence-electron chi connectivity index (χ3n) is 4.33. The molecular weight excluding hydrogens is 357 g/mol. The molecule has 0 spiro atoms. The van der Waals surface area contributed by atoms with Crippen molar-refractivity contribution in [2.45, 2.75) is 6.04 Å². The first-order chi connectivity index (χ1) is 13.7. The monoisotopic (exact) mass is 375 g/mol. The van der Waals surface area contributed by atoms with Crippen molar-refractivity contribution in [2.75, 3.05) is 12.4 Å². The zero-order chi connectivity index (χ0) is 19.3. The molecule has 0 amide bonds. The van der Waals surface area contributed by atoms with Crippen LogP contribution in [0.5, 0.6) is 5.75 Å². The quantitative estimate of drug-likeness (QED) is 0.509. The molecule has 0 unspecified atom stereocenters. The van der Waals surface area contributed by atoms with E-state index in [4.69, 9.17) is 9.15 Å². The fourth-order valence-corrected chi connectivity index (χ4v) is 2.88. The number of ether oxygens (including phenoxy) is 1. The molecule has 28 heavy (non-hydrogen) atoms. The van der Waals surface area contributed by atoms with E-state index in [1.54, 1.807) is 25.3 Å². The largest absolute Gasteiger partial charge is 0.497 e. The van der Waals surface area contributed by atoms with Gasteiger partial charge in [0.1, 0.15) is 17.6 Å². The van der Waals surface area contributed by atoms with E-state index in [9.17, 15) is 4.39 Å². The van der Waals surface area contributed by atoms with Crippen LogP contribution in [-0.2, 0) is 0 Å². The van der Waals surface area contributed by atoms with Gasteiger partial charge in [-0.25, -0.2) is 4.39 Å². The van der Waals surface area contributed by atoms with Crippen molar-refractivity contribution in [3.05, 3.63) is 96.1 Å². The molecule has 1 atom stereocenters. The number of rotatable bonds is 6. The van der Waals surface area contributed by atoms with Crippen molar-refractivity contribution >= 4 is 5.69 Å². The predicted octanol–water partition coefficient (Wildman–Crippen LogP) is 5.09. The van der Waals surface area contributed by atoms with Crippen LogP contribution in [0.25, 0.3) is 11.5 Å². The number of methoxy groups -OCH3 is 1. The molecular formula is C22H18FN3O2. The molecule has 3 aromatic carbocycles. The van der Waals surface area contributed by atoms with Crippen LogP contribution in [-0.4, -0.2) is 17.3 Å². The first-order valence-corrected chi connectivity index (χ1v) is 8.78. The third kappa shape index (κ3) is 3.71. The van der Waals surface area contributed by atoms with Gasteiger partial charge in [-0.1, -0.05) is 42.5 Å². The number of halogens is 1. The summed E-state index contributed by atoms with van der Waals surface area (Å²) in [5.74, 6) is 0.851. The van der Waals surface area contributed by atoms with Crippen LogP contribution in [0.4, 0.5) is 10.1 Å². The Morgan fingerprint density at radius 1 is 0.893 bits per heavy atom. The molecule has 0 radical (unpaired) electrons. The highest BCUT2D eigenvalue weighted by Gasteiger charge is 2.22. The Kier molecular flexibility index (Phi) is 5.01. The van der Waals surface area contributed by atoms with Crippen LogP contribution in [0.15, 0.2) is 83.3 Å². The van der Waals surface area contributed by atoms with Gasteiger partial charge in [-0.15, -0.1) is 10.2 Å². The average molecular weight is 375 g/mol. The molecule has 1 N–H and O–H groups in total. The van der Waals surface area contributed by atoms with E-state index in [-0.39, 0.29) is 17.5 Å². The van der Waals surface area contributed by atoms with E-state index < -0.39 is 5.82 Å². The molecule has 0 aliphatic rings. The Balaban J connectivity index is 1.69. The van der Waals surface area contributed by atoms with Crippen LogP contribution in [0.3, 0.4) is 0 Å². The van der Waals surface area contributed by atoms with E-state index in [1.165, 1.54) is 6.07 Å². The summed E-state index contributed by atoms with van der Waals surface area (Å²) in [6.45, 7) is 0. The Bertz CT molecular complexity index is 1050. The van der Waals surface area contributed by atoms with E-state index >= 15 is 0 Å². The van der Waals surface area contributed by atoms with Crippen LogP contribution < -0.4 is 10.1 Å². The van der Waals surface area contributed by atoms with Crippen LogP contribution in [0.2, 0.25) is 0 Å². The number of hydrogen-bond donors (Lipinski definition) is 1. The summed E-state index contributed by atoms with van der Waals surface area (Å²) in [5.41, 5.74) is 2.08. The molecule has 1 aromatic heterocycles. The minimum absolute atomic E-state index is 0.144. The van der Waals surface area contributed by atoms with Gasteiger partial charge in [0, 0.05) is 5.69 Å². The first kappa shape index (κ1) is 17.7. The lowest BCUT2D eigenvalue weighted by molar-refractivity contribution is 0.415. The normalized spacial score (nSPS) is 11.8. The lowest BCUT2D eigenvalue weighted by Gasteiger charge is -2.17. The molecule has 1 heterocycles. The highest BCUT2D eigenvalue weighted by atomic mass is 19.1. The van der Waals surface area contributed by atoms with Gasteiger partial charge in [0.2, 0.25) is 5.89 Å². The second kappa shape index (κ2) is 7.92. The number of nitrogens with zero attached hydrogens (tertiary/aromatic N) is 2. The summed E-state index contributed by atoms with van der Waals surface area (Å²) in [5, 5.41) is 11.6. The summed E-state index contributed by atoms with van der Waals surface area (Å²) < 4.78 is 25.1. The molecule has 140 valence electrons. The highest BCUT2D eigenvalue weighted by molar-refractivity contribution is 5.54. The van der Waals surface area contributed by atoms with Gasteiger partial charge in [0.05, 0.1) is 12.7 Å². The van der Waals surface area contributed by atoms with Gasteiger partial charge in [-0.3, -0.25) is 0 Å². The van der Waals surface area contributed by atoms with Crippen LogP contribution in [0, 0.1) is 5.82 Å². The highest BCUT2D eigenvalue weighted by Crippen LogP contribution is 2.29. The molecule has 4 aromatic rings. The van der Waals surface area contributed by atoms with Gasteiger partial charge < -0.3 is 14.5 Å². The molecule has 0 bridgehead atoms.